The van der Waals surface area contributed by atoms with E-state index in [-0.39, 0.29) is 17.7 Å². The maximum absolute atomic E-state index is 11.9. The fourth-order valence-corrected chi connectivity index (χ4v) is 1.73. The van der Waals surface area contributed by atoms with Crippen molar-refractivity contribution in [2.45, 2.75) is 19.8 Å². The van der Waals surface area contributed by atoms with Gasteiger partial charge in [0, 0.05) is 31.3 Å². The van der Waals surface area contributed by atoms with Crippen LogP contribution in [0.5, 0.6) is 0 Å². The number of carbonyl (C=O) groups is 2. The van der Waals surface area contributed by atoms with Gasteiger partial charge in [0.25, 0.3) is 5.91 Å². The second-order valence-corrected chi connectivity index (χ2v) is 4.99. The highest BCUT2D eigenvalue weighted by Crippen LogP contribution is 2.30. The molecule has 4 heteroatoms. The lowest BCUT2D eigenvalue weighted by Gasteiger charge is -2.13. The molecule has 0 radical (unpaired) electrons. The van der Waals surface area contributed by atoms with Crippen molar-refractivity contribution in [1.29, 1.82) is 0 Å². The first-order valence-corrected chi connectivity index (χ1v) is 6.12. The van der Waals surface area contributed by atoms with Crippen molar-refractivity contribution in [2.75, 3.05) is 19.4 Å². The molecule has 1 saturated carbocycles. The van der Waals surface area contributed by atoms with Gasteiger partial charge in [-0.1, -0.05) is 6.07 Å². The summed E-state index contributed by atoms with van der Waals surface area (Å²) < 4.78 is 0. The number of hydrogen-bond donors (Lipinski definition) is 1. The lowest BCUT2D eigenvalue weighted by molar-refractivity contribution is -0.117. The Morgan fingerprint density at radius 1 is 1.28 bits per heavy atom. The van der Waals surface area contributed by atoms with Crippen LogP contribution in [0.1, 0.15) is 28.8 Å². The van der Waals surface area contributed by atoms with Crippen LogP contribution in [0.4, 0.5) is 5.69 Å². The quantitative estimate of drug-likeness (QED) is 0.887. The van der Waals surface area contributed by atoms with Gasteiger partial charge in [0.05, 0.1) is 0 Å². The summed E-state index contributed by atoms with van der Waals surface area (Å²) in [5.41, 5.74) is 2.30. The van der Waals surface area contributed by atoms with Gasteiger partial charge in [-0.15, -0.1) is 0 Å². The Bertz CT molecular complexity index is 491. The molecule has 96 valence electrons. The van der Waals surface area contributed by atoms with E-state index in [4.69, 9.17) is 0 Å². The minimum atomic E-state index is -0.0584. The molecular formula is C14H18N2O2. The predicted octanol–water partition coefficient (Wildman–Crippen LogP) is 2.05. The molecule has 0 saturated heterocycles. The van der Waals surface area contributed by atoms with Gasteiger partial charge < -0.3 is 10.2 Å². The molecule has 18 heavy (non-hydrogen) atoms. The molecule has 1 N–H and O–H groups in total. The van der Waals surface area contributed by atoms with Gasteiger partial charge in [0.15, 0.2) is 0 Å². The molecule has 0 heterocycles. The van der Waals surface area contributed by atoms with Crippen LogP contribution in [0.3, 0.4) is 0 Å². The van der Waals surface area contributed by atoms with Crippen LogP contribution in [-0.4, -0.2) is 30.8 Å². The van der Waals surface area contributed by atoms with E-state index in [1.807, 2.05) is 13.0 Å². The molecule has 1 aromatic carbocycles. The predicted molar refractivity (Wildman–Crippen MR) is 70.6 cm³/mol. The third-order valence-electron chi connectivity index (χ3n) is 3.10. The van der Waals surface area contributed by atoms with E-state index in [1.54, 1.807) is 26.2 Å². The Balaban J connectivity index is 2.20. The van der Waals surface area contributed by atoms with Gasteiger partial charge in [0.1, 0.15) is 0 Å². The van der Waals surface area contributed by atoms with E-state index in [9.17, 15) is 9.59 Å². The van der Waals surface area contributed by atoms with Crippen molar-refractivity contribution in [3.8, 4) is 0 Å². The lowest BCUT2D eigenvalue weighted by atomic mass is 10.1. The van der Waals surface area contributed by atoms with Gasteiger partial charge in [-0.3, -0.25) is 9.59 Å². The number of nitrogens with zero attached hydrogens (tertiary/aromatic N) is 1. The minimum Gasteiger partial charge on any atom is -0.345 e. The van der Waals surface area contributed by atoms with Crippen molar-refractivity contribution in [3.63, 3.8) is 0 Å². The monoisotopic (exact) mass is 246 g/mol. The molecule has 1 aliphatic carbocycles. The average Bonchev–Trinajstić information content (AvgIpc) is 3.14. The van der Waals surface area contributed by atoms with E-state index in [1.165, 1.54) is 4.90 Å². The summed E-state index contributed by atoms with van der Waals surface area (Å²) in [6, 6.07) is 5.39. The first-order valence-electron chi connectivity index (χ1n) is 6.12. The van der Waals surface area contributed by atoms with Gasteiger partial charge >= 0.3 is 0 Å². The molecule has 0 unspecified atom stereocenters. The van der Waals surface area contributed by atoms with Crippen molar-refractivity contribution in [3.05, 3.63) is 29.3 Å². The van der Waals surface area contributed by atoms with Gasteiger partial charge in [-0.05, 0) is 37.5 Å². The Morgan fingerprint density at radius 2 is 1.94 bits per heavy atom. The highest BCUT2D eigenvalue weighted by molar-refractivity contribution is 5.98. The molecule has 4 nitrogen and oxygen atoms in total. The fraction of sp³-hybridized carbons (Fsp3) is 0.429. The van der Waals surface area contributed by atoms with Gasteiger partial charge in [0.2, 0.25) is 5.91 Å². The van der Waals surface area contributed by atoms with Gasteiger partial charge in [-0.25, -0.2) is 0 Å². The molecule has 0 spiro atoms. The van der Waals surface area contributed by atoms with E-state index >= 15 is 0 Å². The third kappa shape index (κ3) is 2.70. The molecule has 1 aliphatic rings. The summed E-state index contributed by atoms with van der Waals surface area (Å²) in [6.07, 6.45) is 1.95. The van der Waals surface area contributed by atoms with Gasteiger partial charge in [-0.2, -0.15) is 0 Å². The van der Waals surface area contributed by atoms with Crippen LogP contribution in [0, 0.1) is 12.8 Å². The second kappa shape index (κ2) is 4.80. The van der Waals surface area contributed by atoms with Crippen LogP contribution in [-0.2, 0) is 4.79 Å². The minimum absolute atomic E-state index is 0.0584. The molecule has 1 fully saturated rings. The highest BCUT2D eigenvalue weighted by atomic mass is 16.2. The Kier molecular flexibility index (Phi) is 3.36. The number of carbonyl (C=O) groups excluding carboxylic acids is 2. The topological polar surface area (TPSA) is 49.4 Å². The Hall–Kier alpha value is -1.84. The molecule has 0 atom stereocenters. The molecule has 0 aromatic heterocycles. The van der Waals surface area contributed by atoms with Crippen LogP contribution in [0.25, 0.3) is 0 Å². The molecule has 1 aromatic rings. The number of benzene rings is 1. The van der Waals surface area contributed by atoms with E-state index in [0.717, 1.165) is 24.1 Å². The summed E-state index contributed by atoms with van der Waals surface area (Å²) in [7, 11) is 3.43. The SMILES string of the molecule is Cc1ccc(C(=O)N(C)C)cc1NC(=O)C1CC1. The highest BCUT2D eigenvalue weighted by Gasteiger charge is 2.29. The number of anilines is 1. The summed E-state index contributed by atoms with van der Waals surface area (Å²) in [6.45, 7) is 1.92. The van der Waals surface area contributed by atoms with E-state index < -0.39 is 0 Å². The smallest absolute Gasteiger partial charge is 0.253 e. The summed E-state index contributed by atoms with van der Waals surface area (Å²) >= 11 is 0. The third-order valence-corrected chi connectivity index (χ3v) is 3.10. The standard InChI is InChI=1S/C14H18N2O2/c1-9-4-5-11(14(18)16(2)3)8-12(9)15-13(17)10-6-7-10/h4-5,8,10H,6-7H2,1-3H3,(H,15,17). The van der Waals surface area contributed by atoms with Crippen LogP contribution >= 0.6 is 0 Å². The first-order chi connectivity index (χ1) is 8.49. The number of hydrogen-bond acceptors (Lipinski definition) is 2. The second-order valence-electron chi connectivity index (χ2n) is 4.99. The van der Waals surface area contributed by atoms with Crippen molar-refractivity contribution in [2.24, 2.45) is 5.92 Å². The zero-order valence-electron chi connectivity index (χ0n) is 11.0. The summed E-state index contributed by atoms with van der Waals surface area (Å²) in [5, 5.41) is 2.90. The van der Waals surface area contributed by atoms with E-state index in [0.29, 0.717) is 5.56 Å². The number of nitrogens with one attached hydrogen (secondary N) is 1. The van der Waals surface area contributed by atoms with Crippen LogP contribution < -0.4 is 5.32 Å². The normalized spacial score (nSPS) is 14.2. The van der Waals surface area contributed by atoms with Crippen LogP contribution in [0.15, 0.2) is 18.2 Å². The summed E-state index contributed by atoms with van der Waals surface area (Å²) in [5.74, 6) is 0.169. The largest absolute Gasteiger partial charge is 0.345 e. The number of aryl methyl sites for hydroxylation is 1. The molecular weight excluding hydrogens is 228 g/mol. The Labute approximate surface area is 107 Å². The molecule has 2 rings (SSSR count). The molecule has 0 aliphatic heterocycles. The Morgan fingerprint density at radius 3 is 2.50 bits per heavy atom. The lowest BCUT2D eigenvalue weighted by Crippen LogP contribution is -2.22. The zero-order valence-corrected chi connectivity index (χ0v) is 11.0. The number of amides is 2. The van der Waals surface area contributed by atoms with Crippen molar-refractivity contribution < 1.29 is 9.59 Å². The maximum Gasteiger partial charge on any atom is 0.253 e. The molecule has 2 amide bonds. The first kappa shape index (κ1) is 12.6. The zero-order chi connectivity index (χ0) is 13.3. The summed E-state index contributed by atoms with van der Waals surface area (Å²) in [4.78, 5) is 25.1. The van der Waals surface area contributed by atoms with Crippen molar-refractivity contribution in [1.82, 2.24) is 4.90 Å². The van der Waals surface area contributed by atoms with Crippen LogP contribution in [0.2, 0.25) is 0 Å². The van der Waals surface area contributed by atoms with Crippen molar-refractivity contribution >= 4 is 17.5 Å². The maximum atomic E-state index is 11.9. The average molecular weight is 246 g/mol. The number of rotatable bonds is 3. The van der Waals surface area contributed by atoms with E-state index in [2.05, 4.69) is 5.32 Å². The molecule has 0 bridgehead atoms. The fourth-order valence-electron chi connectivity index (χ4n) is 1.73.